The highest BCUT2D eigenvalue weighted by molar-refractivity contribution is 7.13. The molecular weight excluding hydrogens is 253 g/mol. The summed E-state index contributed by atoms with van der Waals surface area (Å²) in [5.41, 5.74) is 0.494. The van der Waals surface area contributed by atoms with Crippen molar-refractivity contribution < 1.29 is 14.3 Å². The van der Waals surface area contributed by atoms with Crippen molar-refractivity contribution in [1.29, 1.82) is 0 Å². The summed E-state index contributed by atoms with van der Waals surface area (Å²) in [5.74, 6) is -1.14. The van der Waals surface area contributed by atoms with Crippen molar-refractivity contribution in [3.63, 3.8) is 0 Å². The quantitative estimate of drug-likeness (QED) is 0.925. The zero-order chi connectivity index (χ0) is 12.8. The van der Waals surface area contributed by atoms with Crippen LogP contribution in [-0.2, 0) is 10.2 Å². The molecule has 1 heterocycles. The summed E-state index contributed by atoms with van der Waals surface area (Å²) in [6, 6.07) is 6.17. The van der Waals surface area contributed by atoms with Gasteiger partial charge in [-0.3, -0.25) is 4.79 Å². The van der Waals surface area contributed by atoms with Gasteiger partial charge in [-0.1, -0.05) is 12.1 Å². The van der Waals surface area contributed by atoms with E-state index in [1.807, 2.05) is 0 Å². The van der Waals surface area contributed by atoms with Crippen molar-refractivity contribution in [3.8, 4) is 10.6 Å². The Morgan fingerprint density at radius 2 is 2.22 bits per heavy atom. The summed E-state index contributed by atoms with van der Waals surface area (Å²) >= 11 is 1.35. The third kappa shape index (κ3) is 1.71. The maximum atomic E-state index is 13.1. The van der Waals surface area contributed by atoms with Crippen LogP contribution in [-0.4, -0.2) is 16.1 Å². The molecular formula is C13H10FNO2S. The molecule has 0 radical (unpaired) electrons. The first-order chi connectivity index (χ1) is 8.62. The second-order valence-electron chi connectivity index (χ2n) is 4.44. The Morgan fingerprint density at radius 1 is 1.44 bits per heavy atom. The first kappa shape index (κ1) is 11.3. The van der Waals surface area contributed by atoms with E-state index in [0.717, 1.165) is 0 Å². The van der Waals surface area contributed by atoms with Crippen molar-refractivity contribution in [2.24, 2.45) is 0 Å². The number of halogens is 1. The average Bonchev–Trinajstić information content (AvgIpc) is 3.01. The Hall–Kier alpha value is -1.75. The zero-order valence-electron chi connectivity index (χ0n) is 9.39. The molecule has 3 rings (SSSR count). The van der Waals surface area contributed by atoms with Gasteiger partial charge < -0.3 is 5.11 Å². The summed E-state index contributed by atoms with van der Waals surface area (Å²) in [5, 5.41) is 11.6. The van der Waals surface area contributed by atoms with Crippen LogP contribution >= 0.6 is 11.3 Å². The first-order valence-electron chi connectivity index (χ1n) is 5.57. The molecule has 0 bridgehead atoms. The second kappa shape index (κ2) is 3.88. The second-order valence-corrected chi connectivity index (χ2v) is 5.29. The molecule has 0 atom stereocenters. The Kier molecular flexibility index (Phi) is 2.45. The number of carbonyl (C=O) groups is 1. The number of benzene rings is 1. The molecule has 1 fully saturated rings. The number of nitrogens with zero attached hydrogens (tertiary/aromatic N) is 1. The molecule has 1 aromatic carbocycles. The number of carboxylic acid groups (broad SMARTS) is 1. The lowest BCUT2D eigenvalue weighted by atomic mass is 10.0. The van der Waals surface area contributed by atoms with Crippen molar-refractivity contribution in [1.82, 2.24) is 4.98 Å². The standard InChI is InChI=1S/C13H10FNO2S/c14-9-3-1-2-8(6-9)11-15-10(7-18-11)13(4-5-13)12(16)17/h1-3,6-7H,4-5H2,(H,16,17). The lowest BCUT2D eigenvalue weighted by Crippen LogP contribution is -2.19. The van der Waals surface area contributed by atoms with Crippen LogP contribution in [0.3, 0.4) is 0 Å². The largest absolute Gasteiger partial charge is 0.481 e. The van der Waals surface area contributed by atoms with Crippen LogP contribution in [0.5, 0.6) is 0 Å². The minimum absolute atomic E-state index is 0.316. The van der Waals surface area contributed by atoms with Crippen LogP contribution in [0.15, 0.2) is 29.6 Å². The monoisotopic (exact) mass is 263 g/mol. The fourth-order valence-corrected chi connectivity index (χ4v) is 2.87. The fraction of sp³-hybridized carbons (Fsp3) is 0.231. The molecule has 5 heteroatoms. The van der Waals surface area contributed by atoms with Gasteiger partial charge in [-0.15, -0.1) is 11.3 Å². The van der Waals surface area contributed by atoms with Crippen molar-refractivity contribution in [2.45, 2.75) is 18.3 Å². The van der Waals surface area contributed by atoms with E-state index >= 15 is 0 Å². The molecule has 92 valence electrons. The summed E-state index contributed by atoms with van der Waals surface area (Å²) in [4.78, 5) is 15.5. The van der Waals surface area contributed by atoms with Gasteiger partial charge in [-0.2, -0.15) is 0 Å². The van der Waals surface area contributed by atoms with Gasteiger partial charge in [-0.25, -0.2) is 9.37 Å². The molecule has 1 saturated carbocycles. The Balaban J connectivity index is 1.98. The van der Waals surface area contributed by atoms with E-state index in [-0.39, 0.29) is 5.82 Å². The van der Waals surface area contributed by atoms with Gasteiger partial charge in [0.05, 0.1) is 5.69 Å². The van der Waals surface area contributed by atoms with E-state index in [2.05, 4.69) is 4.98 Å². The lowest BCUT2D eigenvalue weighted by Gasteiger charge is -2.04. The molecule has 0 spiro atoms. The molecule has 0 aliphatic heterocycles. The highest BCUT2D eigenvalue weighted by Gasteiger charge is 2.53. The summed E-state index contributed by atoms with van der Waals surface area (Å²) in [7, 11) is 0. The minimum atomic E-state index is -0.821. The number of hydrogen-bond donors (Lipinski definition) is 1. The number of rotatable bonds is 3. The predicted octanol–water partition coefficient (Wildman–Crippen LogP) is 3.07. The van der Waals surface area contributed by atoms with Gasteiger partial charge >= 0.3 is 5.97 Å². The highest BCUT2D eigenvalue weighted by atomic mass is 32.1. The lowest BCUT2D eigenvalue weighted by molar-refractivity contribution is -0.140. The molecule has 1 aliphatic rings. The van der Waals surface area contributed by atoms with Crippen LogP contribution in [0.4, 0.5) is 4.39 Å². The molecule has 1 aromatic heterocycles. The van der Waals surface area contributed by atoms with Crippen LogP contribution in [0.1, 0.15) is 18.5 Å². The molecule has 2 aromatic rings. The number of aliphatic carboxylic acids is 1. The van der Waals surface area contributed by atoms with E-state index < -0.39 is 11.4 Å². The van der Waals surface area contributed by atoms with E-state index in [9.17, 15) is 14.3 Å². The summed E-state index contributed by atoms with van der Waals surface area (Å²) < 4.78 is 13.1. The maximum absolute atomic E-state index is 13.1. The van der Waals surface area contributed by atoms with Crippen molar-refractivity contribution in [3.05, 3.63) is 41.2 Å². The Labute approximate surface area is 107 Å². The van der Waals surface area contributed by atoms with Gasteiger partial charge in [-0.05, 0) is 25.0 Å². The number of aromatic nitrogens is 1. The summed E-state index contributed by atoms with van der Waals surface area (Å²) in [6.45, 7) is 0. The molecule has 18 heavy (non-hydrogen) atoms. The molecule has 0 unspecified atom stereocenters. The van der Waals surface area contributed by atoms with Gasteiger partial charge in [0.15, 0.2) is 0 Å². The first-order valence-corrected chi connectivity index (χ1v) is 6.45. The van der Waals surface area contributed by atoms with Gasteiger partial charge in [0.2, 0.25) is 0 Å². The van der Waals surface area contributed by atoms with E-state index in [1.54, 1.807) is 17.5 Å². The van der Waals surface area contributed by atoms with E-state index in [4.69, 9.17) is 0 Å². The van der Waals surface area contributed by atoms with E-state index in [0.29, 0.717) is 29.1 Å². The number of carboxylic acids is 1. The van der Waals surface area contributed by atoms with Crippen LogP contribution in [0.2, 0.25) is 0 Å². The third-order valence-electron chi connectivity index (χ3n) is 3.23. The SMILES string of the molecule is O=C(O)C1(c2csc(-c3cccc(F)c3)n2)CC1. The average molecular weight is 263 g/mol. The summed E-state index contributed by atoms with van der Waals surface area (Å²) in [6.07, 6.45) is 1.27. The van der Waals surface area contributed by atoms with Crippen molar-refractivity contribution >= 4 is 17.3 Å². The Bertz CT molecular complexity index is 619. The normalized spacial score (nSPS) is 16.5. The smallest absolute Gasteiger partial charge is 0.315 e. The Morgan fingerprint density at radius 3 is 2.83 bits per heavy atom. The van der Waals surface area contributed by atoms with Crippen LogP contribution in [0.25, 0.3) is 10.6 Å². The highest BCUT2D eigenvalue weighted by Crippen LogP contribution is 2.49. The zero-order valence-corrected chi connectivity index (χ0v) is 10.2. The van der Waals surface area contributed by atoms with Gasteiger partial charge in [0, 0.05) is 10.9 Å². The number of thiazole rings is 1. The molecule has 3 nitrogen and oxygen atoms in total. The van der Waals surface area contributed by atoms with Gasteiger partial charge in [0.1, 0.15) is 16.2 Å². The van der Waals surface area contributed by atoms with Crippen molar-refractivity contribution in [2.75, 3.05) is 0 Å². The third-order valence-corrected chi connectivity index (χ3v) is 4.12. The number of hydrogen-bond acceptors (Lipinski definition) is 3. The van der Waals surface area contributed by atoms with Crippen LogP contribution < -0.4 is 0 Å². The minimum Gasteiger partial charge on any atom is -0.481 e. The molecule has 0 amide bonds. The fourth-order valence-electron chi connectivity index (χ4n) is 1.95. The van der Waals surface area contributed by atoms with Gasteiger partial charge in [0.25, 0.3) is 0 Å². The molecule has 1 aliphatic carbocycles. The molecule has 1 N–H and O–H groups in total. The predicted molar refractivity (Wildman–Crippen MR) is 66.1 cm³/mol. The van der Waals surface area contributed by atoms with Crippen LogP contribution in [0, 0.1) is 5.82 Å². The maximum Gasteiger partial charge on any atom is 0.315 e. The van der Waals surface area contributed by atoms with E-state index in [1.165, 1.54) is 23.5 Å². The topological polar surface area (TPSA) is 50.2 Å². The molecule has 0 saturated heterocycles.